The van der Waals surface area contributed by atoms with Gasteiger partial charge in [-0.2, -0.15) is 9.61 Å². The van der Waals surface area contributed by atoms with E-state index in [-0.39, 0.29) is 5.70 Å². The minimum atomic E-state index is -0.572. The number of carbonyl (C=O) groups is 3. The largest absolute Gasteiger partial charge is 0.465 e. The van der Waals surface area contributed by atoms with Crippen molar-refractivity contribution in [3.63, 3.8) is 0 Å². The van der Waals surface area contributed by atoms with Crippen molar-refractivity contribution in [3.05, 3.63) is 53.4 Å². The molecule has 3 heterocycles. The first-order valence-corrected chi connectivity index (χ1v) is 9.70. The smallest absolute Gasteiger partial charge is 0.337 e. The van der Waals surface area contributed by atoms with Gasteiger partial charge in [0.1, 0.15) is 11.5 Å². The third kappa shape index (κ3) is 3.59. The highest BCUT2D eigenvalue weighted by Gasteiger charge is 2.25. The van der Waals surface area contributed by atoms with Crippen LogP contribution in [0.3, 0.4) is 0 Å². The fourth-order valence-electron chi connectivity index (χ4n) is 3.33. The summed E-state index contributed by atoms with van der Waals surface area (Å²) in [6.45, 7) is 0. The van der Waals surface area contributed by atoms with Crippen molar-refractivity contribution < 1.29 is 19.1 Å². The number of nitrogens with one attached hydrogen (secondary N) is 3. The highest BCUT2D eigenvalue weighted by Crippen LogP contribution is 2.29. The summed E-state index contributed by atoms with van der Waals surface area (Å²) in [6.07, 6.45) is 5.26. The van der Waals surface area contributed by atoms with E-state index in [0.29, 0.717) is 28.5 Å². The number of anilines is 1. The second-order valence-corrected chi connectivity index (χ2v) is 7.32. The molecule has 0 atom stereocenters. The number of aromatic nitrogens is 3. The van der Waals surface area contributed by atoms with Gasteiger partial charge in [0, 0.05) is 23.2 Å². The average molecular weight is 418 g/mol. The number of nitrogens with zero attached hydrogens (tertiary/aromatic N) is 3. The first kappa shape index (κ1) is 18.8. The highest BCUT2D eigenvalue weighted by molar-refractivity contribution is 6.14. The Bertz CT molecular complexity index is 1270. The van der Waals surface area contributed by atoms with Crippen molar-refractivity contribution >= 4 is 35.4 Å². The first-order chi connectivity index (χ1) is 15.0. The number of hydrogen-bond donors (Lipinski definition) is 3. The summed E-state index contributed by atoms with van der Waals surface area (Å²) in [7, 11) is 1.33. The molecule has 0 spiro atoms. The molecule has 0 radical (unpaired) electrons. The van der Waals surface area contributed by atoms with Crippen molar-refractivity contribution in [3.8, 4) is 11.3 Å². The molecule has 3 amide bonds. The van der Waals surface area contributed by atoms with E-state index in [0.717, 1.165) is 24.2 Å². The van der Waals surface area contributed by atoms with Gasteiger partial charge in [0.2, 0.25) is 0 Å². The van der Waals surface area contributed by atoms with Gasteiger partial charge in [0.25, 0.3) is 5.91 Å². The number of methoxy groups -OCH3 is 1. The molecule has 2 aromatic heterocycles. The third-order valence-electron chi connectivity index (χ3n) is 5.03. The lowest BCUT2D eigenvalue weighted by Crippen LogP contribution is -2.22. The zero-order valence-corrected chi connectivity index (χ0v) is 16.5. The fraction of sp³-hybridized carbons (Fsp3) is 0.190. The van der Waals surface area contributed by atoms with E-state index in [4.69, 9.17) is 9.72 Å². The molecular formula is C21H18N6O4. The van der Waals surface area contributed by atoms with Crippen molar-refractivity contribution in [2.45, 2.75) is 18.9 Å². The number of urea groups is 1. The van der Waals surface area contributed by atoms with E-state index < -0.39 is 17.9 Å². The molecular weight excluding hydrogens is 400 g/mol. The fourth-order valence-corrected chi connectivity index (χ4v) is 3.33. The van der Waals surface area contributed by atoms with E-state index in [1.165, 1.54) is 13.2 Å². The second kappa shape index (κ2) is 7.24. The van der Waals surface area contributed by atoms with Gasteiger partial charge < -0.3 is 15.4 Å². The quantitative estimate of drug-likeness (QED) is 0.328. The van der Waals surface area contributed by atoms with Crippen molar-refractivity contribution in [2.24, 2.45) is 0 Å². The van der Waals surface area contributed by atoms with Gasteiger partial charge in [-0.05, 0) is 31.1 Å². The van der Waals surface area contributed by atoms with Gasteiger partial charge in [-0.3, -0.25) is 10.1 Å². The van der Waals surface area contributed by atoms with Gasteiger partial charge in [0.15, 0.2) is 5.65 Å². The number of hydrogen-bond acceptors (Lipinski definition) is 7. The van der Waals surface area contributed by atoms with Crippen LogP contribution in [0.4, 0.5) is 10.6 Å². The molecule has 10 nitrogen and oxygen atoms in total. The Morgan fingerprint density at radius 2 is 2.10 bits per heavy atom. The number of amides is 3. The number of rotatable bonds is 5. The van der Waals surface area contributed by atoms with Gasteiger partial charge in [-0.1, -0.05) is 12.1 Å². The summed E-state index contributed by atoms with van der Waals surface area (Å²) < 4.78 is 6.48. The van der Waals surface area contributed by atoms with Crippen molar-refractivity contribution in [1.29, 1.82) is 0 Å². The minimum absolute atomic E-state index is 0.122. The van der Waals surface area contributed by atoms with Crippen LogP contribution in [0, 0.1) is 0 Å². The first-order valence-electron chi connectivity index (χ1n) is 9.70. The molecule has 10 heteroatoms. The monoisotopic (exact) mass is 418 g/mol. The summed E-state index contributed by atoms with van der Waals surface area (Å²) in [5, 5.41) is 12.5. The lowest BCUT2D eigenvalue weighted by molar-refractivity contribution is -0.115. The summed E-state index contributed by atoms with van der Waals surface area (Å²) in [5.74, 6) is -0.199. The van der Waals surface area contributed by atoms with E-state index in [1.807, 2.05) is 12.1 Å². The number of esters is 1. The maximum absolute atomic E-state index is 11.9. The van der Waals surface area contributed by atoms with Crippen LogP contribution >= 0.6 is 0 Å². The zero-order chi connectivity index (χ0) is 21.5. The van der Waals surface area contributed by atoms with Crippen LogP contribution in [0.1, 0.15) is 28.8 Å². The molecule has 31 heavy (non-hydrogen) atoms. The molecule has 5 rings (SSSR count). The van der Waals surface area contributed by atoms with Crippen LogP contribution in [-0.4, -0.2) is 45.7 Å². The molecule has 2 fully saturated rings. The van der Waals surface area contributed by atoms with Crippen molar-refractivity contribution in [2.75, 3.05) is 12.4 Å². The van der Waals surface area contributed by atoms with E-state index in [2.05, 4.69) is 21.0 Å². The number of carbonyl (C=O) groups excluding carboxylic acids is 3. The Morgan fingerprint density at radius 1 is 1.26 bits per heavy atom. The molecule has 1 aliphatic heterocycles. The molecule has 1 aliphatic carbocycles. The predicted molar refractivity (Wildman–Crippen MR) is 111 cm³/mol. The maximum atomic E-state index is 11.9. The number of imide groups is 1. The lowest BCUT2D eigenvalue weighted by atomic mass is 10.1. The Morgan fingerprint density at radius 3 is 2.81 bits per heavy atom. The third-order valence-corrected chi connectivity index (χ3v) is 5.03. The van der Waals surface area contributed by atoms with E-state index in [9.17, 15) is 14.4 Å². The number of benzene rings is 1. The van der Waals surface area contributed by atoms with Crippen LogP contribution in [0.25, 0.3) is 23.0 Å². The zero-order valence-electron chi connectivity index (χ0n) is 16.5. The van der Waals surface area contributed by atoms with Gasteiger partial charge in [0.05, 0.1) is 24.6 Å². The summed E-state index contributed by atoms with van der Waals surface area (Å²) in [4.78, 5) is 40.0. The van der Waals surface area contributed by atoms with Gasteiger partial charge in [-0.25, -0.2) is 14.6 Å². The van der Waals surface area contributed by atoms with Crippen LogP contribution in [0.15, 0.2) is 42.2 Å². The SMILES string of the molecule is COC(=O)c1cccc(-c2cc(NC3CC3)n3ncc(/C=C4\NC(=O)NC4=O)c3n2)c1. The summed E-state index contributed by atoms with van der Waals surface area (Å²) >= 11 is 0. The number of ether oxygens (including phenoxy) is 1. The molecule has 156 valence electrons. The van der Waals surface area contributed by atoms with Gasteiger partial charge >= 0.3 is 12.0 Å². The topological polar surface area (TPSA) is 127 Å². The standard InChI is InChI=1S/C21H18N6O4/c1-31-20(29)12-4-2-3-11(7-12)15-9-17(23-14-5-6-14)27-18(24-15)13(10-22-27)8-16-19(28)26-21(30)25-16/h2-4,7-10,14,23H,5-6H2,1H3,(H2,25,26,28,30)/b16-8-. The Kier molecular flexibility index (Phi) is 4.39. The average Bonchev–Trinajstić information content (AvgIpc) is 3.41. The summed E-state index contributed by atoms with van der Waals surface area (Å²) in [6, 6.07) is 8.67. The Balaban J connectivity index is 1.64. The molecule has 0 bridgehead atoms. The molecule has 2 aliphatic rings. The van der Waals surface area contributed by atoms with E-state index in [1.54, 1.807) is 28.9 Å². The Hall–Kier alpha value is -4.21. The highest BCUT2D eigenvalue weighted by atomic mass is 16.5. The van der Waals surface area contributed by atoms with Crippen LogP contribution in [0.5, 0.6) is 0 Å². The maximum Gasteiger partial charge on any atom is 0.337 e. The van der Waals surface area contributed by atoms with Crippen molar-refractivity contribution in [1.82, 2.24) is 25.2 Å². The van der Waals surface area contributed by atoms with Crippen LogP contribution < -0.4 is 16.0 Å². The lowest BCUT2D eigenvalue weighted by Gasteiger charge is -2.11. The molecule has 1 saturated heterocycles. The molecule has 0 unspecified atom stereocenters. The van der Waals surface area contributed by atoms with Gasteiger partial charge in [-0.15, -0.1) is 0 Å². The van der Waals surface area contributed by atoms with Crippen LogP contribution in [-0.2, 0) is 9.53 Å². The minimum Gasteiger partial charge on any atom is -0.465 e. The second-order valence-electron chi connectivity index (χ2n) is 7.32. The molecule has 1 saturated carbocycles. The molecule has 3 N–H and O–H groups in total. The summed E-state index contributed by atoms with van der Waals surface area (Å²) in [5.41, 5.74) is 2.97. The Labute approximate surface area is 176 Å². The molecule has 1 aromatic carbocycles. The normalized spacial score (nSPS) is 17.0. The molecule has 3 aromatic rings. The van der Waals surface area contributed by atoms with Crippen LogP contribution in [0.2, 0.25) is 0 Å². The van der Waals surface area contributed by atoms with E-state index >= 15 is 0 Å². The predicted octanol–water partition coefficient (Wildman–Crippen LogP) is 1.94. The number of fused-ring (bicyclic) bond motifs is 1.